The largest absolute Gasteiger partial charge is 0.327 e. The highest BCUT2D eigenvalue weighted by atomic mass is 32.3. The minimum atomic E-state index is -5.47. The number of hydrogen-bond donors (Lipinski definition) is 3. The lowest BCUT2D eigenvalue weighted by atomic mass is 9.95. The van der Waals surface area contributed by atoms with Crippen molar-refractivity contribution < 1.29 is 30.7 Å². The maximum Gasteiger partial charge on any atom is 0.294 e. The molecule has 0 fully saturated rings. The Morgan fingerprint density at radius 2 is 1.79 bits per heavy atom. The number of hydrogen-bond acceptors (Lipinski definition) is 7. The number of carbonyl (C=O) groups is 1. The van der Waals surface area contributed by atoms with Crippen molar-refractivity contribution in [3.63, 3.8) is 0 Å². The summed E-state index contributed by atoms with van der Waals surface area (Å²) in [5.41, 5.74) is 0.366. The number of isothiocyanates is 1. The Labute approximate surface area is 173 Å². The second-order valence-electron chi connectivity index (χ2n) is 5.94. The molecule has 29 heavy (non-hydrogen) atoms. The molecule has 0 aliphatic heterocycles. The van der Waals surface area contributed by atoms with E-state index in [1.54, 1.807) is 24.3 Å². The van der Waals surface area contributed by atoms with Crippen molar-refractivity contribution in [2.24, 2.45) is 10.9 Å². The van der Waals surface area contributed by atoms with Crippen molar-refractivity contribution in [1.29, 1.82) is 0 Å². The van der Waals surface area contributed by atoms with Crippen molar-refractivity contribution >= 4 is 55.3 Å². The summed E-state index contributed by atoms with van der Waals surface area (Å²) in [6, 6.07) is 6.39. The normalized spacial score (nSPS) is 18.7. The Balaban J connectivity index is 2.62. The molecular weight excluding hydrogens is 440 g/mol. The highest BCUT2D eigenvalue weighted by Crippen LogP contribution is 2.42. The molecule has 0 saturated heterocycles. The van der Waals surface area contributed by atoms with Crippen molar-refractivity contribution in [2.75, 3.05) is 0 Å². The first-order valence-electron chi connectivity index (χ1n) is 7.90. The van der Waals surface area contributed by atoms with Crippen LogP contribution < -0.4 is 5.32 Å². The molecule has 2 rings (SSSR count). The number of amides is 1. The Kier molecular flexibility index (Phi) is 6.68. The lowest BCUT2D eigenvalue weighted by Gasteiger charge is -2.35. The molecular formula is C17H16N2O7S3. The van der Waals surface area contributed by atoms with Crippen molar-refractivity contribution in [3.05, 3.63) is 59.8 Å². The summed E-state index contributed by atoms with van der Waals surface area (Å²) in [6.45, 7) is 1.02. The Morgan fingerprint density at radius 1 is 1.21 bits per heavy atom. The second-order valence-corrected chi connectivity index (χ2v) is 9.57. The highest BCUT2D eigenvalue weighted by Gasteiger charge is 2.62. The molecule has 1 unspecified atom stereocenters. The van der Waals surface area contributed by atoms with Gasteiger partial charge in [-0.1, -0.05) is 36.4 Å². The molecule has 0 radical (unpaired) electrons. The Hall–Kier alpha value is -2.47. The fraction of sp³-hybridized carbons (Fsp3) is 0.176. The summed E-state index contributed by atoms with van der Waals surface area (Å²) in [5, 5.41) is 4.27. The third kappa shape index (κ3) is 4.58. The molecule has 0 spiro atoms. The number of nitrogens with one attached hydrogen (secondary N) is 1. The summed E-state index contributed by atoms with van der Waals surface area (Å²) < 4.78 is 65.2. The van der Waals surface area contributed by atoms with Crippen LogP contribution in [0.4, 0.5) is 5.69 Å². The van der Waals surface area contributed by atoms with Gasteiger partial charge in [0.2, 0.25) is 5.91 Å². The van der Waals surface area contributed by atoms with E-state index in [2.05, 4.69) is 27.7 Å². The zero-order valence-corrected chi connectivity index (χ0v) is 17.3. The third-order valence-corrected chi connectivity index (χ3v) is 7.91. The maximum atomic E-state index is 12.2. The van der Waals surface area contributed by atoms with Crippen LogP contribution in [0.3, 0.4) is 0 Å². The number of aliphatic imine (C=N–C) groups is 1. The van der Waals surface area contributed by atoms with Gasteiger partial charge in [-0.15, -0.1) is 0 Å². The number of carbonyl (C=O) groups excluding carboxylic acids is 1. The molecule has 1 aromatic rings. The molecule has 0 heterocycles. The smallest absolute Gasteiger partial charge is 0.294 e. The van der Waals surface area contributed by atoms with E-state index in [0.29, 0.717) is 11.3 Å². The van der Waals surface area contributed by atoms with Crippen LogP contribution in [0.25, 0.3) is 6.08 Å². The molecule has 12 heteroatoms. The fourth-order valence-electron chi connectivity index (χ4n) is 2.89. The van der Waals surface area contributed by atoms with Gasteiger partial charge >= 0.3 is 0 Å². The number of allylic oxidation sites excluding steroid dienone is 4. The monoisotopic (exact) mass is 456 g/mol. The van der Waals surface area contributed by atoms with E-state index in [1.165, 1.54) is 18.2 Å². The van der Waals surface area contributed by atoms with E-state index in [9.17, 15) is 30.7 Å². The van der Waals surface area contributed by atoms with E-state index >= 15 is 0 Å². The van der Waals surface area contributed by atoms with Gasteiger partial charge in [0.1, 0.15) is 0 Å². The Morgan fingerprint density at radius 3 is 2.28 bits per heavy atom. The van der Waals surface area contributed by atoms with Gasteiger partial charge in [-0.25, -0.2) is 0 Å². The Bertz CT molecular complexity index is 1130. The summed E-state index contributed by atoms with van der Waals surface area (Å²) in [6.07, 6.45) is 6.00. The average molecular weight is 457 g/mol. The minimum absolute atomic E-state index is 0.524. The topological polar surface area (TPSA) is 150 Å². The van der Waals surface area contributed by atoms with E-state index in [1.807, 2.05) is 0 Å². The van der Waals surface area contributed by atoms with E-state index < -0.39 is 41.8 Å². The fourth-order valence-corrected chi connectivity index (χ4v) is 5.85. The van der Waals surface area contributed by atoms with E-state index in [4.69, 9.17) is 0 Å². The first-order valence-corrected chi connectivity index (χ1v) is 11.2. The van der Waals surface area contributed by atoms with Crippen molar-refractivity contribution in [1.82, 2.24) is 5.32 Å². The number of benzene rings is 1. The molecule has 1 atom stereocenters. The highest BCUT2D eigenvalue weighted by molar-refractivity contribution is 8.05. The average Bonchev–Trinajstić information content (AvgIpc) is 2.58. The van der Waals surface area contributed by atoms with Gasteiger partial charge < -0.3 is 5.32 Å². The predicted octanol–water partition coefficient (Wildman–Crippen LogP) is 2.11. The van der Waals surface area contributed by atoms with E-state index in [-0.39, 0.29) is 0 Å². The number of rotatable bonds is 6. The van der Waals surface area contributed by atoms with Crippen LogP contribution in [0.1, 0.15) is 12.5 Å². The van der Waals surface area contributed by atoms with Crippen LogP contribution in [0.5, 0.6) is 0 Å². The van der Waals surface area contributed by atoms with Gasteiger partial charge in [-0.2, -0.15) is 21.8 Å². The van der Waals surface area contributed by atoms with Crippen molar-refractivity contribution in [3.8, 4) is 0 Å². The van der Waals surface area contributed by atoms with Gasteiger partial charge in [0.15, 0.2) is 0 Å². The van der Waals surface area contributed by atoms with Crippen LogP contribution >= 0.6 is 12.2 Å². The zero-order valence-electron chi connectivity index (χ0n) is 14.9. The summed E-state index contributed by atoms with van der Waals surface area (Å²) in [7, 11) is -10.9. The number of thiocarbonyl (C=S) groups is 1. The molecule has 1 aromatic carbocycles. The molecule has 0 bridgehead atoms. The quantitative estimate of drug-likeness (QED) is 0.335. The lowest BCUT2D eigenvalue weighted by molar-refractivity contribution is -0.118. The summed E-state index contributed by atoms with van der Waals surface area (Å²) in [5.74, 6) is -2.35. The lowest BCUT2D eigenvalue weighted by Crippen LogP contribution is -2.56. The summed E-state index contributed by atoms with van der Waals surface area (Å²) >= 11 is 4.50. The summed E-state index contributed by atoms with van der Waals surface area (Å²) in [4.78, 5) is 15.2. The standard InChI is InChI=1S/C17H16N2O7S3/c1-12(20)19-16-4-2-3-14(17(16,28(21,22)23)29(24,25)26)8-5-13-6-9-15(10-7-13)18-11-27/h2-10,14H,1H3,(H,19,20)(H,21,22,23)(H,24,25,26). The van der Waals surface area contributed by atoms with Gasteiger partial charge in [0.25, 0.3) is 24.3 Å². The van der Waals surface area contributed by atoms with Crippen molar-refractivity contribution in [2.45, 2.75) is 11.0 Å². The SMILES string of the molecule is CC(=O)NC1=CC=CC(C=Cc2ccc(N=C=S)cc2)C1(S(=O)(=O)O)S(=O)(=O)O. The first-order chi connectivity index (χ1) is 13.4. The molecule has 3 N–H and O–H groups in total. The van der Waals surface area contributed by atoms with Crippen LogP contribution in [-0.4, -0.2) is 41.1 Å². The molecule has 154 valence electrons. The molecule has 1 aliphatic rings. The third-order valence-electron chi connectivity index (χ3n) is 4.04. The zero-order chi connectivity index (χ0) is 21.9. The number of nitrogens with zero attached hydrogens (tertiary/aromatic N) is 1. The second kappa shape index (κ2) is 8.49. The molecule has 1 amide bonds. The molecule has 9 nitrogen and oxygen atoms in total. The molecule has 0 saturated carbocycles. The molecule has 1 aliphatic carbocycles. The van der Waals surface area contributed by atoms with Gasteiger partial charge in [-0.05, 0) is 36.0 Å². The first kappa shape index (κ1) is 22.8. The predicted molar refractivity (Wildman–Crippen MR) is 111 cm³/mol. The van der Waals surface area contributed by atoms with Gasteiger partial charge in [0, 0.05) is 12.8 Å². The van der Waals surface area contributed by atoms with Gasteiger partial charge in [0.05, 0.1) is 16.5 Å². The van der Waals surface area contributed by atoms with E-state index in [0.717, 1.165) is 19.1 Å². The van der Waals surface area contributed by atoms with Crippen LogP contribution in [0, 0.1) is 5.92 Å². The van der Waals surface area contributed by atoms with Gasteiger partial charge in [-0.3, -0.25) is 13.9 Å². The van der Waals surface area contributed by atoms with Crippen LogP contribution in [0.15, 0.2) is 59.3 Å². The maximum absolute atomic E-state index is 12.2. The molecule has 0 aromatic heterocycles. The van der Waals surface area contributed by atoms with Crippen LogP contribution in [-0.2, 0) is 25.0 Å². The minimum Gasteiger partial charge on any atom is -0.327 e. The van der Waals surface area contributed by atoms with Crippen LogP contribution in [0.2, 0.25) is 0 Å².